The Morgan fingerprint density at radius 3 is 2.64 bits per heavy atom. The number of hydrogen-bond acceptors (Lipinski definition) is 3. The van der Waals surface area contributed by atoms with E-state index in [4.69, 9.17) is 9.63 Å². The van der Waals surface area contributed by atoms with Crippen LogP contribution < -0.4 is 0 Å². The third kappa shape index (κ3) is 3.88. The van der Waals surface area contributed by atoms with Gasteiger partial charge in [-0.1, -0.05) is 41.6 Å². The van der Waals surface area contributed by atoms with Crippen LogP contribution in [0, 0.1) is 12.8 Å². The lowest BCUT2D eigenvalue weighted by Crippen LogP contribution is -2.37. The minimum atomic E-state index is -0.803. The molecule has 1 saturated heterocycles. The van der Waals surface area contributed by atoms with Gasteiger partial charge in [-0.05, 0) is 67.7 Å². The van der Waals surface area contributed by atoms with Crippen molar-refractivity contribution < 1.29 is 14.4 Å². The van der Waals surface area contributed by atoms with E-state index >= 15 is 0 Å². The molecule has 2 aromatic carbocycles. The second kappa shape index (κ2) is 8.05. The molecular weight excluding hydrogens is 352 g/mol. The van der Waals surface area contributed by atoms with E-state index in [0.29, 0.717) is 19.0 Å². The van der Waals surface area contributed by atoms with Gasteiger partial charge in [0.1, 0.15) is 0 Å². The molecule has 5 heteroatoms. The second-order valence-electron chi connectivity index (χ2n) is 7.77. The molecule has 4 rings (SSSR count). The number of carbonyl (C=O) groups is 1. The van der Waals surface area contributed by atoms with Crippen molar-refractivity contribution in [3.8, 4) is 0 Å². The molecule has 1 fully saturated rings. The summed E-state index contributed by atoms with van der Waals surface area (Å²) in [5, 5.41) is 14.5. The highest BCUT2D eigenvalue weighted by molar-refractivity contribution is 5.83. The van der Waals surface area contributed by atoms with Gasteiger partial charge in [0.15, 0.2) is 5.58 Å². The molecule has 3 aromatic rings. The van der Waals surface area contributed by atoms with Gasteiger partial charge in [0, 0.05) is 18.5 Å². The zero-order chi connectivity index (χ0) is 19.5. The van der Waals surface area contributed by atoms with E-state index in [9.17, 15) is 4.79 Å². The summed E-state index contributed by atoms with van der Waals surface area (Å²) in [6.45, 7) is 3.39. The molecule has 1 aromatic heterocycles. The van der Waals surface area contributed by atoms with Crippen molar-refractivity contribution in [2.45, 2.75) is 39.0 Å². The van der Waals surface area contributed by atoms with Gasteiger partial charge < -0.3 is 14.5 Å². The topological polar surface area (TPSA) is 66.6 Å². The van der Waals surface area contributed by atoms with Crippen molar-refractivity contribution in [1.82, 2.24) is 10.1 Å². The standard InChI is InChI=1S/C23H26N2O3/c1-16-19(15-18-5-3-2-4-6-18)8-9-20-21(24-28-22(16)20)10-7-17-11-13-25(14-12-17)23(26)27/h2-6,8-9,17H,7,10-15H2,1H3,(H,26,27). The van der Waals surface area contributed by atoms with Crippen molar-refractivity contribution in [3.05, 3.63) is 64.8 Å². The van der Waals surface area contributed by atoms with E-state index in [-0.39, 0.29) is 0 Å². The minimum absolute atomic E-state index is 0.556. The first-order chi connectivity index (χ1) is 13.6. The van der Waals surface area contributed by atoms with E-state index < -0.39 is 6.09 Å². The van der Waals surface area contributed by atoms with Gasteiger partial charge >= 0.3 is 6.09 Å². The van der Waals surface area contributed by atoms with E-state index in [2.05, 4.69) is 48.5 Å². The first-order valence-corrected chi connectivity index (χ1v) is 10.0. The van der Waals surface area contributed by atoms with Gasteiger partial charge in [-0.2, -0.15) is 0 Å². The highest BCUT2D eigenvalue weighted by Crippen LogP contribution is 2.29. The number of nitrogens with zero attached hydrogens (tertiary/aromatic N) is 2. The Morgan fingerprint density at radius 2 is 1.93 bits per heavy atom. The molecule has 1 aliphatic heterocycles. The Kier molecular flexibility index (Phi) is 5.33. The highest BCUT2D eigenvalue weighted by atomic mass is 16.5. The largest absolute Gasteiger partial charge is 0.465 e. The average Bonchev–Trinajstić information content (AvgIpc) is 3.13. The van der Waals surface area contributed by atoms with Crippen LogP contribution in [0.4, 0.5) is 4.79 Å². The van der Waals surface area contributed by atoms with E-state index in [1.807, 2.05) is 6.07 Å². The average molecular weight is 378 g/mol. The van der Waals surface area contributed by atoms with Crippen molar-refractivity contribution in [3.63, 3.8) is 0 Å². The molecule has 1 N–H and O–H groups in total. The van der Waals surface area contributed by atoms with Crippen LogP contribution in [0.2, 0.25) is 0 Å². The molecule has 1 aliphatic rings. The normalized spacial score (nSPS) is 15.2. The SMILES string of the molecule is Cc1c(Cc2ccccc2)ccc2c(CCC3CCN(C(=O)O)CC3)noc12. The smallest absolute Gasteiger partial charge is 0.407 e. The van der Waals surface area contributed by atoms with Crippen molar-refractivity contribution in [1.29, 1.82) is 0 Å². The number of fused-ring (bicyclic) bond motifs is 1. The van der Waals surface area contributed by atoms with Crippen molar-refractivity contribution >= 4 is 17.1 Å². The highest BCUT2D eigenvalue weighted by Gasteiger charge is 2.23. The molecule has 0 aliphatic carbocycles. The molecule has 0 bridgehead atoms. The number of hydrogen-bond donors (Lipinski definition) is 1. The molecule has 5 nitrogen and oxygen atoms in total. The van der Waals surface area contributed by atoms with Crippen LogP contribution in [0.25, 0.3) is 11.0 Å². The molecule has 146 valence electrons. The lowest BCUT2D eigenvalue weighted by atomic mass is 9.91. The third-order valence-corrected chi connectivity index (χ3v) is 5.99. The van der Waals surface area contributed by atoms with Crippen LogP contribution in [0.5, 0.6) is 0 Å². The molecule has 0 saturated carbocycles. The second-order valence-corrected chi connectivity index (χ2v) is 7.77. The first kappa shape index (κ1) is 18.5. The number of aromatic nitrogens is 1. The van der Waals surface area contributed by atoms with Gasteiger partial charge in [0.05, 0.1) is 5.69 Å². The Bertz CT molecular complexity index is 957. The molecule has 0 atom stereocenters. The predicted octanol–water partition coefficient (Wildman–Crippen LogP) is 5.05. The molecule has 2 heterocycles. The Labute approximate surface area is 164 Å². The number of likely N-dealkylation sites (tertiary alicyclic amines) is 1. The lowest BCUT2D eigenvalue weighted by molar-refractivity contribution is 0.123. The zero-order valence-electron chi connectivity index (χ0n) is 16.2. The van der Waals surface area contributed by atoms with Crippen LogP contribution in [0.1, 0.15) is 41.6 Å². The summed E-state index contributed by atoms with van der Waals surface area (Å²) in [7, 11) is 0. The van der Waals surface area contributed by atoms with E-state index in [1.54, 1.807) is 0 Å². The summed E-state index contributed by atoms with van der Waals surface area (Å²) in [6, 6.07) is 14.8. The van der Waals surface area contributed by atoms with Crippen LogP contribution in [0.3, 0.4) is 0 Å². The lowest BCUT2D eigenvalue weighted by Gasteiger charge is -2.29. The Hall–Kier alpha value is -2.82. The summed E-state index contributed by atoms with van der Waals surface area (Å²) >= 11 is 0. The predicted molar refractivity (Wildman–Crippen MR) is 109 cm³/mol. The minimum Gasteiger partial charge on any atom is -0.465 e. The number of carboxylic acid groups (broad SMARTS) is 1. The van der Waals surface area contributed by atoms with Crippen LogP contribution in [0.15, 0.2) is 47.0 Å². The third-order valence-electron chi connectivity index (χ3n) is 5.99. The summed E-state index contributed by atoms with van der Waals surface area (Å²) in [4.78, 5) is 12.5. The number of piperidine rings is 1. The summed E-state index contributed by atoms with van der Waals surface area (Å²) in [6.07, 6.45) is 3.86. The van der Waals surface area contributed by atoms with Gasteiger partial charge in [0.25, 0.3) is 0 Å². The fraction of sp³-hybridized carbons (Fsp3) is 0.391. The zero-order valence-corrected chi connectivity index (χ0v) is 16.2. The van der Waals surface area contributed by atoms with Crippen molar-refractivity contribution in [2.75, 3.05) is 13.1 Å². The van der Waals surface area contributed by atoms with Crippen LogP contribution >= 0.6 is 0 Å². The molecular formula is C23H26N2O3. The molecule has 0 radical (unpaired) electrons. The molecule has 1 amide bonds. The molecule has 0 spiro atoms. The number of aryl methyl sites for hydroxylation is 2. The van der Waals surface area contributed by atoms with Gasteiger partial charge in [-0.25, -0.2) is 4.79 Å². The molecule has 28 heavy (non-hydrogen) atoms. The number of benzene rings is 2. The summed E-state index contributed by atoms with van der Waals surface area (Å²) < 4.78 is 5.71. The summed E-state index contributed by atoms with van der Waals surface area (Å²) in [5.41, 5.74) is 5.63. The maximum atomic E-state index is 11.0. The first-order valence-electron chi connectivity index (χ1n) is 10.0. The molecule has 0 unspecified atom stereocenters. The Balaban J connectivity index is 1.43. The quantitative estimate of drug-likeness (QED) is 0.675. The Morgan fingerprint density at radius 1 is 1.18 bits per heavy atom. The number of rotatable bonds is 5. The van der Waals surface area contributed by atoms with Gasteiger partial charge in [0.2, 0.25) is 0 Å². The summed E-state index contributed by atoms with van der Waals surface area (Å²) in [5.74, 6) is 0.556. The van der Waals surface area contributed by atoms with Gasteiger partial charge in [-0.3, -0.25) is 0 Å². The maximum Gasteiger partial charge on any atom is 0.407 e. The van der Waals surface area contributed by atoms with Crippen LogP contribution in [-0.2, 0) is 12.8 Å². The van der Waals surface area contributed by atoms with E-state index in [0.717, 1.165) is 54.3 Å². The fourth-order valence-electron chi connectivity index (χ4n) is 4.17. The van der Waals surface area contributed by atoms with E-state index in [1.165, 1.54) is 16.0 Å². The van der Waals surface area contributed by atoms with Gasteiger partial charge in [-0.15, -0.1) is 0 Å². The number of amides is 1. The van der Waals surface area contributed by atoms with Crippen LogP contribution in [-0.4, -0.2) is 34.3 Å². The fourth-order valence-corrected chi connectivity index (χ4v) is 4.17. The monoisotopic (exact) mass is 378 g/mol. The van der Waals surface area contributed by atoms with Crippen molar-refractivity contribution in [2.24, 2.45) is 5.92 Å². The maximum absolute atomic E-state index is 11.0.